The molecule has 6 rings (SSSR count). The van der Waals surface area contributed by atoms with Crippen LogP contribution < -0.4 is 16.4 Å². The van der Waals surface area contributed by atoms with Gasteiger partial charge in [-0.1, -0.05) is 0 Å². The first kappa shape index (κ1) is 21.0. The normalized spacial score (nSPS) is 21.6. The minimum Gasteiger partial charge on any atom is -0.367 e. The Hall–Kier alpha value is -3.57. The Bertz CT molecular complexity index is 1370. The van der Waals surface area contributed by atoms with Gasteiger partial charge in [-0.3, -0.25) is 19.7 Å². The fraction of sp³-hybridized carbons (Fsp3) is 0.348. The molecule has 3 aliphatic rings. The van der Waals surface area contributed by atoms with Crippen molar-refractivity contribution in [3.8, 4) is 10.6 Å². The van der Waals surface area contributed by atoms with Crippen LogP contribution in [0, 0.1) is 0 Å². The zero-order valence-corrected chi connectivity index (χ0v) is 19.1. The highest BCUT2D eigenvalue weighted by Gasteiger charge is 2.28. The lowest BCUT2D eigenvalue weighted by Gasteiger charge is -2.14. The van der Waals surface area contributed by atoms with Gasteiger partial charge in [0.05, 0.1) is 28.1 Å². The van der Waals surface area contributed by atoms with Gasteiger partial charge in [0.15, 0.2) is 5.65 Å². The van der Waals surface area contributed by atoms with Gasteiger partial charge in [0.25, 0.3) is 11.8 Å². The highest BCUT2D eigenvalue weighted by atomic mass is 32.1. The number of hydrogen-bond acceptors (Lipinski definition) is 8. The Morgan fingerprint density at radius 2 is 2.12 bits per heavy atom. The van der Waals surface area contributed by atoms with Crippen molar-refractivity contribution in [1.82, 2.24) is 24.8 Å². The summed E-state index contributed by atoms with van der Waals surface area (Å²) in [5.41, 5.74) is 8.29. The molecule has 0 radical (unpaired) electrons. The molecule has 3 fully saturated rings. The van der Waals surface area contributed by atoms with Crippen molar-refractivity contribution < 1.29 is 14.4 Å². The van der Waals surface area contributed by atoms with Gasteiger partial charge in [0.2, 0.25) is 5.91 Å². The molecular formula is C23H23N7O3S. The number of anilines is 1. The molecule has 5 heterocycles. The van der Waals surface area contributed by atoms with E-state index >= 15 is 0 Å². The number of nitrogens with two attached hydrogens (primary N) is 1. The van der Waals surface area contributed by atoms with E-state index < -0.39 is 0 Å². The summed E-state index contributed by atoms with van der Waals surface area (Å²) in [4.78, 5) is 44.7. The summed E-state index contributed by atoms with van der Waals surface area (Å²) in [5.74, 6) is 0.0891. The van der Waals surface area contributed by atoms with Gasteiger partial charge in [0, 0.05) is 42.4 Å². The summed E-state index contributed by atoms with van der Waals surface area (Å²) in [6, 6.07) is 6.11. The summed E-state index contributed by atoms with van der Waals surface area (Å²) < 4.78 is 1.72. The van der Waals surface area contributed by atoms with Crippen LogP contribution in [-0.2, 0) is 9.59 Å². The predicted molar refractivity (Wildman–Crippen MR) is 127 cm³/mol. The molecule has 2 aliphatic heterocycles. The van der Waals surface area contributed by atoms with E-state index in [9.17, 15) is 14.4 Å². The lowest BCUT2D eigenvalue weighted by molar-refractivity contribution is -0.124. The topological polar surface area (TPSA) is 135 Å². The molecule has 11 heteroatoms. The Labute approximate surface area is 198 Å². The number of fused-ring (bicyclic) bond motifs is 1. The number of aromatic nitrogens is 3. The first-order valence-electron chi connectivity index (χ1n) is 11.3. The fourth-order valence-electron chi connectivity index (χ4n) is 4.27. The predicted octanol–water partition coefficient (Wildman–Crippen LogP) is 1.64. The molecule has 0 spiro atoms. The van der Waals surface area contributed by atoms with Crippen LogP contribution in [0.15, 0.2) is 30.0 Å². The van der Waals surface area contributed by atoms with Crippen LogP contribution in [0.5, 0.6) is 0 Å². The van der Waals surface area contributed by atoms with Crippen LogP contribution in [0.1, 0.15) is 40.9 Å². The second-order valence-electron chi connectivity index (χ2n) is 8.97. The van der Waals surface area contributed by atoms with Crippen LogP contribution in [0.4, 0.5) is 5.82 Å². The summed E-state index contributed by atoms with van der Waals surface area (Å²) in [6.07, 6.45) is 6.36. The third-order valence-electron chi connectivity index (χ3n) is 6.23. The smallest absolute Gasteiger partial charge is 0.263 e. The molecular weight excluding hydrogens is 454 g/mol. The van der Waals surface area contributed by atoms with Crippen molar-refractivity contribution >= 4 is 46.6 Å². The number of rotatable bonds is 5. The number of thiophene rings is 1. The zero-order chi connectivity index (χ0) is 23.4. The van der Waals surface area contributed by atoms with E-state index in [-0.39, 0.29) is 30.2 Å². The van der Waals surface area contributed by atoms with Crippen molar-refractivity contribution in [3.63, 3.8) is 0 Å². The molecule has 3 amide bonds. The molecule has 0 unspecified atom stereocenters. The van der Waals surface area contributed by atoms with Gasteiger partial charge in [-0.05, 0) is 37.5 Å². The molecule has 0 aromatic carbocycles. The summed E-state index contributed by atoms with van der Waals surface area (Å²) >= 11 is 1.40. The molecule has 1 atom stereocenters. The van der Waals surface area contributed by atoms with Gasteiger partial charge >= 0.3 is 0 Å². The molecule has 1 saturated carbocycles. The number of carbonyl (C=O) groups is 3. The van der Waals surface area contributed by atoms with E-state index in [4.69, 9.17) is 10.7 Å². The van der Waals surface area contributed by atoms with Crippen LogP contribution in [0.25, 0.3) is 22.3 Å². The van der Waals surface area contributed by atoms with Crippen molar-refractivity contribution in [1.29, 1.82) is 0 Å². The molecule has 2 saturated heterocycles. The molecule has 3 aromatic heterocycles. The van der Waals surface area contributed by atoms with Crippen LogP contribution in [-0.4, -0.2) is 62.4 Å². The third kappa shape index (κ3) is 3.86. The second-order valence-corrected chi connectivity index (χ2v) is 10.1. The van der Waals surface area contributed by atoms with E-state index in [0.717, 1.165) is 30.0 Å². The van der Waals surface area contributed by atoms with Gasteiger partial charge in [-0.15, -0.1) is 11.3 Å². The number of nitrogens with zero attached hydrogens (tertiary/aromatic N) is 4. The van der Waals surface area contributed by atoms with E-state index in [1.54, 1.807) is 21.7 Å². The first-order chi connectivity index (χ1) is 16.4. The lowest BCUT2D eigenvalue weighted by atomic mass is 10.1. The number of amides is 3. The number of nitrogens with one attached hydrogen (secondary N) is 2. The maximum atomic E-state index is 12.9. The first-order valence-corrected chi connectivity index (χ1v) is 12.1. The summed E-state index contributed by atoms with van der Waals surface area (Å²) in [5, 5.41) is 10.3. The largest absolute Gasteiger partial charge is 0.367 e. The quantitative estimate of drug-likeness (QED) is 0.376. The highest BCUT2D eigenvalue weighted by Crippen LogP contribution is 2.33. The third-order valence-corrected chi connectivity index (χ3v) is 7.33. The number of imide groups is 1. The standard InChI is InChI=1S/C23H23N7O3S/c24-14-5-6-29(11-14)23(33)18-4-3-17(34-18)16-9-19(26-15-1-2-15)30-21(27-16)13(10-25-30)7-12-8-20(31)28-22(12)32/h3-4,7,9-10,14-15,26H,1-2,5-6,8,11,24H2,(H,28,31,32)/b12-7+/t14-/m1/s1. The minimum atomic E-state index is -0.389. The van der Waals surface area contributed by atoms with Crippen molar-refractivity contribution in [2.24, 2.45) is 5.73 Å². The van der Waals surface area contributed by atoms with E-state index in [1.165, 1.54) is 11.3 Å². The molecule has 0 bridgehead atoms. The van der Waals surface area contributed by atoms with Crippen LogP contribution in [0.2, 0.25) is 0 Å². The van der Waals surface area contributed by atoms with Gasteiger partial charge in [0.1, 0.15) is 5.82 Å². The van der Waals surface area contributed by atoms with Gasteiger partial charge in [-0.25, -0.2) is 4.98 Å². The SMILES string of the molecule is N[C@@H]1CCN(C(=O)c2ccc(-c3cc(NC4CC4)n4ncc(/C=C5\CC(=O)NC5=O)c4n3)s2)C1. The monoisotopic (exact) mass is 477 g/mol. The molecule has 10 nitrogen and oxygen atoms in total. The van der Waals surface area contributed by atoms with E-state index in [2.05, 4.69) is 15.7 Å². The maximum absolute atomic E-state index is 12.9. The number of carbonyl (C=O) groups excluding carboxylic acids is 3. The van der Waals surface area contributed by atoms with E-state index in [0.29, 0.717) is 46.5 Å². The lowest BCUT2D eigenvalue weighted by Crippen LogP contribution is -2.31. The molecule has 3 aromatic rings. The van der Waals surface area contributed by atoms with Crippen LogP contribution in [0.3, 0.4) is 0 Å². The number of hydrogen-bond donors (Lipinski definition) is 3. The van der Waals surface area contributed by atoms with Crippen molar-refractivity contribution in [2.75, 3.05) is 18.4 Å². The Kier molecular flexibility index (Phi) is 4.96. The summed E-state index contributed by atoms with van der Waals surface area (Å²) in [6.45, 7) is 1.26. The summed E-state index contributed by atoms with van der Waals surface area (Å²) in [7, 11) is 0. The van der Waals surface area contributed by atoms with Gasteiger partial charge < -0.3 is 16.0 Å². The highest BCUT2D eigenvalue weighted by molar-refractivity contribution is 7.17. The van der Waals surface area contributed by atoms with Gasteiger partial charge in [-0.2, -0.15) is 9.61 Å². The second kappa shape index (κ2) is 8.03. The molecule has 4 N–H and O–H groups in total. The molecule has 1 aliphatic carbocycles. The number of likely N-dealkylation sites (tertiary alicyclic amines) is 1. The Morgan fingerprint density at radius 3 is 2.82 bits per heavy atom. The Balaban J connectivity index is 1.38. The molecule has 34 heavy (non-hydrogen) atoms. The average molecular weight is 478 g/mol. The van der Waals surface area contributed by atoms with Crippen molar-refractivity contribution in [2.45, 2.75) is 37.8 Å². The fourth-order valence-corrected chi connectivity index (χ4v) is 5.21. The zero-order valence-electron chi connectivity index (χ0n) is 18.3. The van der Waals surface area contributed by atoms with Crippen LogP contribution >= 0.6 is 11.3 Å². The molecule has 174 valence electrons. The Morgan fingerprint density at radius 1 is 1.26 bits per heavy atom. The maximum Gasteiger partial charge on any atom is 0.263 e. The minimum absolute atomic E-state index is 0.00621. The van der Waals surface area contributed by atoms with E-state index in [1.807, 2.05) is 18.2 Å². The van der Waals surface area contributed by atoms with Crippen molar-refractivity contribution in [3.05, 3.63) is 40.4 Å². The average Bonchev–Trinajstić information content (AvgIpc) is 3.18.